The summed E-state index contributed by atoms with van der Waals surface area (Å²) in [6, 6.07) is 7.10. The third-order valence-corrected chi connectivity index (χ3v) is 4.33. The van der Waals surface area contributed by atoms with Gasteiger partial charge in [0.2, 0.25) is 0 Å². The molecule has 1 aromatic rings. The van der Waals surface area contributed by atoms with Crippen molar-refractivity contribution in [1.29, 1.82) is 0 Å². The van der Waals surface area contributed by atoms with E-state index in [1.807, 2.05) is 12.1 Å². The van der Waals surface area contributed by atoms with Gasteiger partial charge in [0.15, 0.2) is 0 Å². The van der Waals surface area contributed by atoms with Crippen molar-refractivity contribution in [2.75, 3.05) is 20.1 Å². The Balaban J connectivity index is 2.10. The van der Waals surface area contributed by atoms with E-state index in [0.29, 0.717) is 11.5 Å². The van der Waals surface area contributed by atoms with E-state index < -0.39 is 12.1 Å². The van der Waals surface area contributed by atoms with Crippen molar-refractivity contribution in [2.24, 2.45) is 0 Å². The maximum atomic E-state index is 12.9. The van der Waals surface area contributed by atoms with Crippen LogP contribution in [0.15, 0.2) is 24.3 Å². The molecule has 1 heterocycles. The molecule has 1 aliphatic heterocycles. The zero-order chi connectivity index (χ0) is 14.8. The Bertz CT molecular complexity index is 416. The average Bonchev–Trinajstić information content (AvgIpc) is 2.40. The molecule has 1 atom stereocenters. The molecule has 4 heteroatoms. The minimum absolute atomic E-state index is 0.0943. The minimum atomic E-state index is -4.15. The fourth-order valence-electron chi connectivity index (χ4n) is 3.00. The van der Waals surface area contributed by atoms with Crippen LogP contribution in [-0.2, 0) is 0 Å². The van der Waals surface area contributed by atoms with Crippen molar-refractivity contribution >= 4 is 0 Å². The lowest BCUT2D eigenvalue weighted by atomic mass is 9.87. The largest absolute Gasteiger partial charge is 0.395 e. The van der Waals surface area contributed by atoms with Crippen LogP contribution in [-0.4, -0.2) is 31.2 Å². The van der Waals surface area contributed by atoms with Gasteiger partial charge in [-0.05, 0) is 56.4 Å². The summed E-state index contributed by atoms with van der Waals surface area (Å²) >= 11 is 0. The van der Waals surface area contributed by atoms with Gasteiger partial charge in [0.05, 0.1) is 5.92 Å². The maximum Gasteiger partial charge on any atom is 0.395 e. The van der Waals surface area contributed by atoms with Gasteiger partial charge in [0.25, 0.3) is 0 Å². The molecule has 0 spiro atoms. The Morgan fingerprint density at radius 1 is 1.15 bits per heavy atom. The molecule has 1 aromatic carbocycles. The van der Waals surface area contributed by atoms with Gasteiger partial charge in [-0.15, -0.1) is 0 Å². The van der Waals surface area contributed by atoms with Crippen molar-refractivity contribution < 1.29 is 13.2 Å². The predicted octanol–water partition coefficient (Wildman–Crippen LogP) is 4.55. The first kappa shape index (κ1) is 15.4. The second-order valence-corrected chi connectivity index (χ2v) is 5.75. The summed E-state index contributed by atoms with van der Waals surface area (Å²) in [4.78, 5) is 2.29. The monoisotopic (exact) mass is 285 g/mol. The molecule has 0 radical (unpaired) electrons. The number of benzene rings is 1. The van der Waals surface area contributed by atoms with E-state index in [2.05, 4.69) is 11.9 Å². The van der Waals surface area contributed by atoms with Crippen LogP contribution in [0.1, 0.15) is 49.1 Å². The highest BCUT2D eigenvalue weighted by molar-refractivity contribution is 5.29. The molecule has 0 unspecified atom stereocenters. The molecule has 0 N–H and O–H groups in total. The Morgan fingerprint density at radius 2 is 1.70 bits per heavy atom. The summed E-state index contributed by atoms with van der Waals surface area (Å²) in [5.41, 5.74) is 1.57. The highest BCUT2D eigenvalue weighted by Gasteiger charge is 2.39. The predicted molar refractivity (Wildman–Crippen MR) is 75.0 cm³/mol. The molecule has 1 nitrogen and oxygen atoms in total. The van der Waals surface area contributed by atoms with E-state index in [9.17, 15) is 13.2 Å². The van der Waals surface area contributed by atoms with Crippen LogP contribution in [0, 0.1) is 0 Å². The number of alkyl halides is 3. The standard InChI is InChI=1S/C16H22F3N/c1-3-15(16(17,18)19)14-6-4-12(5-7-14)13-8-10-20(2)11-9-13/h4-7,13,15H,3,8-11H2,1-2H3/t15-/m1/s1. The van der Waals surface area contributed by atoms with Crippen LogP contribution in [0.3, 0.4) is 0 Å². The van der Waals surface area contributed by atoms with Gasteiger partial charge in [-0.2, -0.15) is 13.2 Å². The maximum absolute atomic E-state index is 12.9. The van der Waals surface area contributed by atoms with Gasteiger partial charge in [-0.3, -0.25) is 0 Å². The van der Waals surface area contributed by atoms with Crippen LogP contribution in [0.5, 0.6) is 0 Å². The highest BCUT2D eigenvalue weighted by atomic mass is 19.4. The van der Waals surface area contributed by atoms with Gasteiger partial charge < -0.3 is 4.90 Å². The van der Waals surface area contributed by atoms with Crippen molar-refractivity contribution in [3.8, 4) is 0 Å². The summed E-state index contributed by atoms with van der Waals surface area (Å²) in [5, 5.41) is 0. The summed E-state index contributed by atoms with van der Waals surface area (Å²) < 4.78 is 38.7. The lowest BCUT2D eigenvalue weighted by Gasteiger charge is -2.29. The van der Waals surface area contributed by atoms with Crippen molar-refractivity contribution in [3.63, 3.8) is 0 Å². The van der Waals surface area contributed by atoms with Crippen molar-refractivity contribution in [1.82, 2.24) is 4.90 Å². The second-order valence-electron chi connectivity index (χ2n) is 5.75. The number of piperidine rings is 1. The SMILES string of the molecule is CC[C@H](c1ccc(C2CCN(C)CC2)cc1)C(F)(F)F. The van der Waals surface area contributed by atoms with Crippen LogP contribution in [0.2, 0.25) is 0 Å². The molecule has 0 saturated carbocycles. The number of hydrogen-bond donors (Lipinski definition) is 0. The first-order chi connectivity index (χ1) is 9.41. The van der Waals surface area contributed by atoms with Crippen LogP contribution in [0.4, 0.5) is 13.2 Å². The number of likely N-dealkylation sites (tertiary alicyclic amines) is 1. The molecule has 0 aliphatic carbocycles. The topological polar surface area (TPSA) is 3.24 Å². The zero-order valence-corrected chi connectivity index (χ0v) is 12.1. The van der Waals surface area contributed by atoms with E-state index in [0.717, 1.165) is 25.9 Å². The second kappa shape index (κ2) is 6.17. The average molecular weight is 285 g/mol. The molecule has 2 rings (SSSR count). The van der Waals surface area contributed by atoms with Gasteiger partial charge in [0, 0.05) is 0 Å². The first-order valence-corrected chi connectivity index (χ1v) is 7.27. The van der Waals surface area contributed by atoms with E-state index in [1.54, 1.807) is 19.1 Å². The van der Waals surface area contributed by atoms with Crippen LogP contribution in [0.25, 0.3) is 0 Å². The molecular weight excluding hydrogens is 263 g/mol. The number of halogens is 3. The van der Waals surface area contributed by atoms with Gasteiger partial charge in [-0.25, -0.2) is 0 Å². The minimum Gasteiger partial charge on any atom is -0.306 e. The quantitative estimate of drug-likeness (QED) is 0.787. The van der Waals surface area contributed by atoms with E-state index in [1.165, 1.54) is 5.56 Å². The first-order valence-electron chi connectivity index (χ1n) is 7.27. The summed E-state index contributed by atoms with van der Waals surface area (Å²) in [6.45, 7) is 3.71. The number of nitrogens with zero attached hydrogens (tertiary/aromatic N) is 1. The molecule has 112 valence electrons. The Kier molecular flexibility index (Phi) is 4.74. The van der Waals surface area contributed by atoms with E-state index >= 15 is 0 Å². The zero-order valence-electron chi connectivity index (χ0n) is 12.1. The van der Waals surface area contributed by atoms with Crippen molar-refractivity contribution in [3.05, 3.63) is 35.4 Å². The lowest BCUT2D eigenvalue weighted by Crippen LogP contribution is -2.29. The lowest BCUT2D eigenvalue weighted by molar-refractivity contribution is -0.151. The normalized spacial score (nSPS) is 20.1. The molecule has 0 bridgehead atoms. The molecule has 1 fully saturated rings. The Hall–Kier alpha value is -1.03. The number of rotatable bonds is 3. The van der Waals surface area contributed by atoms with Crippen LogP contribution >= 0.6 is 0 Å². The van der Waals surface area contributed by atoms with E-state index in [-0.39, 0.29) is 6.42 Å². The van der Waals surface area contributed by atoms with Gasteiger partial charge in [-0.1, -0.05) is 31.2 Å². The molecule has 20 heavy (non-hydrogen) atoms. The van der Waals surface area contributed by atoms with Gasteiger partial charge >= 0.3 is 6.18 Å². The van der Waals surface area contributed by atoms with Crippen molar-refractivity contribution in [2.45, 2.75) is 44.2 Å². The highest BCUT2D eigenvalue weighted by Crippen LogP contribution is 2.38. The third-order valence-electron chi connectivity index (χ3n) is 4.33. The third kappa shape index (κ3) is 3.54. The molecule has 0 aromatic heterocycles. The number of hydrogen-bond acceptors (Lipinski definition) is 1. The summed E-state index contributed by atoms with van der Waals surface area (Å²) in [7, 11) is 2.11. The van der Waals surface area contributed by atoms with Crippen LogP contribution < -0.4 is 0 Å². The molecular formula is C16H22F3N. The summed E-state index contributed by atoms with van der Waals surface area (Å²) in [5.74, 6) is -0.847. The Morgan fingerprint density at radius 3 is 2.15 bits per heavy atom. The molecule has 1 saturated heterocycles. The smallest absolute Gasteiger partial charge is 0.306 e. The fraction of sp³-hybridized carbons (Fsp3) is 0.625. The summed E-state index contributed by atoms with van der Waals surface area (Å²) in [6.07, 6.45) is -1.88. The van der Waals surface area contributed by atoms with E-state index in [4.69, 9.17) is 0 Å². The Labute approximate surface area is 118 Å². The molecule has 1 aliphatic rings. The fourth-order valence-corrected chi connectivity index (χ4v) is 3.00. The molecule has 0 amide bonds. The van der Waals surface area contributed by atoms with Gasteiger partial charge in [0.1, 0.15) is 0 Å².